The number of amides is 1. The Kier molecular flexibility index (Phi) is 6.74. The first kappa shape index (κ1) is 19.9. The molecular weight excluding hydrogens is 350 g/mol. The van der Waals surface area contributed by atoms with Gasteiger partial charge in [-0.15, -0.1) is 10.2 Å². The maximum absolute atomic E-state index is 12.1. The van der Waals surface area contributed by atoms with Gasteiger partial charge in [0.15, 0.2) is 11.5 Å². The summed E-state index contributed by atoms with van der Waals surface area (Å²) < 4.78 is 11.0. The molecule has 140 valence electrons. The van der Waals surface area contributed by atoms with Crippen LogP contribution in [0.4, 0.5) is 5.13 Å². The van der Waals surface area contributed by atoms with Gasteiger partial charge in [-0.25, -0.2) is 0 Å². The zero-order valence-electron chi connectivity index (χ0n) is 15.8. The quantitative estimate of drug-likeness (QED) is 0.731. The van der Waals surface area contributed by atoms with Crippen LogP contribution >= 0.6 is 11.3 Å². The zero-order valence-corrected chi connectivity index (χ0v) is 16.6. The van der Waals surface area contributed by atoms with E-state index in [1.54, 1.807) is 13.2 Å². The predicted octanol–water partition coefficient (Wildman–Crippen LogP) is 4.28. The number of methoxy groups -OCH3 is 1. The predicted molar refractivity (Wildman–Crippen MR) is 105 cm³/mol. The molecule has 1 amide bonds. The van der Waals surface area contributed by atoms with E-state index in [-0.39, 0.29) is 11.3 Å². The molecule has 0 bridgehead atoms. The highest BCUT2D eigenvalue weighted by Crippen LogP contribution is 2.29. The third kappa shape index (κ3) is 5.56. The normalized spacial score (nSPS) is 11.6. The highest BCUT2D eigenvalue weighted by Gasteiger charge is 2.19. The van der Waals surface area contributed by atoms with Crippen LogP contribution in [-0.2, 0) is 10.2 Å². The Labute approximate surface area is 158 Å². The highest BCUT2D eigenvalue weighted by atomic mass is 32.1. The second kappa shape index (κ2) is 8.80. The Balaban J connectivity index is 2.02. The van der Waals surface area contributed by atoms with Crippen LogP contribution in [0, 0.1) is 0 Å². The van der Waals surface area contributed by atoms with Crippen LogP contribution in [0.2, 0.25) is 0 Å². The number of hydrogen-bond acceptors (Lipinski definition) is 6. The van der Waals surface area contributed by atoms with Crippen molar-refractivity contribution in [3.63, 3.8) is 0 Å². The summed E-state index contributed by atoms with van der Waals surface area (Å²) in [6.45, 7) is 8.85. The van der Waals surface area contributed by atoms with Gasteiger partial charge in [0.1, 0.15) is 5.01 Å². The van der Waals surface area contributed by atoms with Crippen molar-refractivity contribution in [3.8, 4) is 11.5 Å². The number of rotatable bonds is 7. The molecule has 2 rings (SSSR count). The average molecular weight is 375 g/mol. The third-order valence-electron chi connectivity index (χ3n) is 3.37. The molecule has 0 aliphatic rings. The van der Waals surface area contributed by atoms with Gasteiger partial charge in [0.25, 0.3) is 0 Å². The minimum Gasteiger partial charge on any atom is -0.493 e. The molecule has 0 saturated carbocycles. The molecule has 0 aliphatic carbocycles. The van der Waals surface area contributed by atoms with Crippen molar-refractivity contribution >= 4 is 28.5 Å². The molecule has 1 aromatic carbocycles. The summed E-state index contributed by atoms with van der Waals surface area (Å²) in [4.78, 5) is 12.1. The SMILES string of the molecule is CCCOc1ccc(/C=C/C(=O)Nc2nnc(C(C)(C)C)s2)cc1OC. The minimum atomic E-state index is -0.258. The molecule has 2 aromatic rings. The number of carbonyl (C=O) groups is 1. The zero-order chi connectivity index (χ0) is 19.2. The van der Waals surface area contributed by atoms with E-state index in [0.29, 0.717) is 23.2 Å². The summed E-state index contributed by atoms with van der Waals surface area (Å²) in [7, 11) is 1.59. The van der Waals surface area contributed by atoms with Gasteiger partial charge in [0.2, 0.25) is 11.0 Å². The van der Waals surface area contributed by atoms with Crippen molar-refractivity contribution in [2.75, 3.05) is 19.0 Å². The summed E-state index contributed by atoms with van der Waals surface area (Å²) in [6.07, 6.45) is 4.10. The summed E-state index contributed by atoms with van der Waals surface area (Å²) >= 11 is 1.38. The van der Waals surface area contributed by atoms with Crippen LogP contribution in [0.5, 0.6) is 11.5 Å². The van der Waals surface area contributed by atoms with Gasteiger partial charge in [0, 0.05) is 11.5 Å². The van der Waals surface area contributed by atoms with Crippen LogP contribution in [0.25, 0.3) is 6.08 Å². The fraction of sp³-hybridized carbons (Fsp3) is 0.421. The van der Waals surface area contributed by atoms with Crippen molar-refractivity contribution in [2.45, 2.75) is 39.5 Å². The number of benzene rings is 1. The largest absolute Gasteiger partial charge is 0.493 e. The molecule has 0 radical (unpaired) electrons. The second-order valence-electron chi connectivity index (χ2n) is 6.74. The smallest absolute Gasteiger partial charge is 0.250 e. The average Bonchev–Trinajstić information content (AvgIpc) is 3.07. The molecule has 7 heteroatoms. The summed E-state index contributed by atoms with van der Waals surface area (Å²) in [5.74, 6) is 1.08. The van der Waals surface area contributed by atoms with Gasteiger partial charge in [0.05, 0.1) is 13.7 Å². The molecule has 0 unspecified atom stereocenters. The number of hydrogen-bond donors (Lipinski definition) is 1. The van der Waals surface area contributed by atoms with E-state index in [1.165, 1.54) is 17.4 Å². The lowest BCUT2D eigenvalue weighted by molar-refractivity contribution is -0.111. The maximum atomic E-state index is 12.1. The number of carbonyl (C=O) groups excluding carboxylic acids is 1. The van der Waals surface area contributed by atoms with Crippen LogP contribution < -0.4 is 14.8 Å². The number of ether oxygens (including phenoxy) is 2. The van der Waals surface area contributed by atoms with E-state index in [9.17, 15) is 4.79 Å². The van der Waals surface area contributed by atoms with Gasteiger partial charge >= 0.3 is 0 Å². The fourth-order valence-electron chi connectivity index (χ4n) is 2.01. The molecule has 26 heavy (non-hydrogen) atoms. The Morgan fingerprint density at radius 1 is 1.27 bits per heavy atom. The summed E-state index contributed by atoms with van der Waals surface area (Å²) in [5, 5.41) is 12.2. The second-order valence-corrected chi connectivity index (χ2v) is 7.72. The highest BCUT2D eigenvalue weighted by molar-refractivity contribution is 7.15. The summed E-state index contributed by atoms with van der Waals surface area (Å²) in [5.41, 5.74) is 0.753. The molecule has 1 aromatic heterocycles. The molecule has 0 aliphatic heterocycles. The molecule has 0 saturated heterocycles. The first-order valence-electron chi connectivity index (χ1n) is 8.47. The Bertz CT molecular complexity index is 779. The lowest BCUT2D eigenvalue weighted by Crippen LogP contribution is -2.10. The van der Waals surface area contributed by atoms with E-state index < -0.39 is 0 Å². The van der Waals surface area contributed by atoms with E-state index >= 15 is 0 Å². The van der Waals surface area contributed by atoms with Crippen molar-refractivity contribution in [2.24, 2.45) is 0 Å². The van der Waals surface area contributed by atoms with E-state index in [0.717, 1.165) is 17.0 Å². The Morgan fingerprint density at radius 2 is 2.04 bits per heavy atom. The van der Waals surface area contributed by atoms with Crippen LogP contribution in [0.3, 0.4) is 0 Å². The standard InChI is InChI=1S/C19H25N3O3S/c1-6-11-25-14-9-7-13(12-15(14)24-5)8-10-16(23)20-18-22-21-17(26-18)19(2,3)4/h7-10,12H,6,11H2,1-5H3,(H,20,22,23)/b10-8+. The number of aromatic nitrogens is 2. The third-order valence-corrected chi connectivity index (χ3v) is 4.64. The number of nitrogens with zero attached hydrogens (tertiary/aromatic N) is 2. The van der Waals surface area contributed by atoms with Crippen LogP contribution in [0.15, 0.2) is 24.3 Å². The lowest BCUT2D eigenvalue weighted by Gasteiger charge is -2.12. The molecule has 1 N–H and O–H groups in total. The Morgan fingerprint density at radius 3 is 2.65 bits per heavy atom. The van der Waals surface area contributed by atoms with E-state index in [4.69, 9.17) is 9.47 Å². The molecule has 1 heterocycles. The monoisotopic (exact) mass is 375 g/mol. The van der Waals surface area contributed by atoms with E-state index in [1.807, 2.05) is 25.1 Å². The van der Waals surface area contributed by atoms with Gasteiger partial charge in [-0.1, -0.05) is 45.1 Å². The summed E-state index contributed by atoms with van der Waals surface area (Å²) in [6, 6.07) is 5.55. The van der Waals surface area contributed by atoms with Gasteiger partial charge < -0.3 is 9.47 Å². The topological polar surface area (TPSA) is 73.3 Å². The molecule has 0 atom stereocenters. The van der Waals surface area contributed by atoms with Gasteiger partial charge in [-0.3, -0.25) is 10.1 Å². The van der Waals surface area contributed by atoms with Crippen molar-refractivity contribution in [1.29, 1.82) is 0 Å². The van der Waals surface area contributed by atoms with E-state index in [2.05, 4.69) is 36.3 Å². The molecule has 6 nitrogen and oxygen atoms in total. The van der Waals surface area contributed by atoms with Crippen molar-refractivity contribution in [3.05, 3.63) is 34.8 Å². The van der Waals surface area contributed by atoms with Gasteiger partial charge in [-0.2, -0.15) is 0 Å². The maximum Gasteiger partial charge on any atom is 0.250 e. The fourth-order valence-corrected chi connectivity index (χ4v) is 2.82. The van der Waals surface area contributed by atoms with Crippen LogP contribution in [-0.4, -0.2) is 29.8 Å². The number of nitrogens with one attached hydrogen (secondary N) is 1. The van der Waals surface area contributed by atoms with Gasteiger partial charge in [-0.05, 0) is 30.2 Å². The Hall–Kier alpha value is -2.41. The number of anilines is 1. The molecular formula is C19H25N3O3S. The first-order valence-corrected chi connectivity index (χ1v) is 9.29. The van der Waals surface area contributed by atoms with Crippen molar-refractivity contribution < 1.29 is 14.3 Å². The van der Waals surface area contributed by atoms with Crippen LogP contribution in [0.1, 0.15) is 44.7 Å². The first-order chi connectivity index (χ1) is 12.3. The molecule has 0 spiro atoms. The van der Waals surface area contributed by atoms with Crippen molar-refractivity contribution in [1.82, 2.24) is 10.2 Å². The molecule has 0 fully saturated rings. The minimum absolute atomic E-state index is 0.0887. The lowest BCUT2D eigenvalue weighted by atomic mass is 9.98.